The van der Waals surface area contributed by atoms with Crippen LogP contribution >= 0.6 is 0 Å². The first-order valence-electron chi connectivity index (χ1n) is 39.4. The van der Waals surface area contributed by atoms with Crippen LogP contribution in [-0.2, 0) is 23.8 Å². The molecule has 1 aliphatic heterocycles. The van der Waals surface area contributed by atoms with Crippen LogP contribution in [0.3, 0.4) is 0 Å². The minimum absolute atomic E-state index is 0.125. The fraction of sp³-hybridized carbons (Fsp3) is 0.875. The van der Waals surface area contributed by atoms with E-state index in [1.165, 1.54) is 270 Å². The molecule has 8 unspecified atom stereocenters. The number of hydrogen-bond donors (Lipinski definition) is 6. The van der Waals surface area contributed by atoms with Crippen molar-refractivity contribution in [3.63, 3.8) is 0 Å². The number of aliphatic hydroxyl groups is 5. The summed E-state index contributed by atoms with van der Waals surface area (Å²) in [6, 6.07) is -1.02. The van der Waals surface area contributed by atoms with Gasteiger partial charge in [-0.25, -0.2) is 0 Å². The van der Waals surface area contributed by atoms with Gasteiger partial charge in [0.05, 0.1) is 25.4 Å². The molecule has 1 heterocycles. The van der Waals surface area contributed by atoms with Crippen molar-refractivity contribution < 1.29 is 49.3 Å². The second-order valence-corrected chi connectivity index (χ2v) is 27.5. The third kappa shape index (κ3) is 54.4. The lowest BCUT2D eigenvalue weighted by atomic mass is 9.99. The summed E-state index contributed by atoms with van der Waals surface area (Å²) in [5.74, 6) is -1.18. The van der Waals surface area contributed by atoms with E-state index >= 15 is 0 Å². The summed E-state index contributed by atoms with van der Waals surface area (Å²) in [7, 11) is 0. The second-order valence-electron chi connectivity index (χ2n) is 27.5. The number of rotatable bonds is 69. The van der Waals surface area contributed by atoms with Crippen molar-refractivity contribution >= 4 is 11.9 Å². The van der Waals surface area contributed by atoms with E-state index in [2.05, 4.69) is 62.5 Å². The number of ether oxygens (including phenoxy) is 3. The van der Waals surface area contributed by atoms with Crippen molar-refractivity contribution in [3.05, 3.63) is 48.6 Å². The maximum absolute atomic E-state index is 13.5. The van der Waals surface area contributed by atoms with Crippen molar-refractivity contribution in [1.82, 2.24) is 5.32 Å². The first-order chi connectivity index (χ1) is 44.7. The number of hydrogen-bond acceptors (Lipinski definition) is 10. The van der Waals surface area contributed by atoms with Gasteiger partial charge in [-0.2, -0.15) is 0 Å². The summed E-state index contributed by atoms with van der Waals surface area (Å²) in [5, 5.41) is 57.4. The van der Waals surface area contributed by atoms with Crippen LogP contribution in [0.4, 0.5) is 0 Å². The van der Waals surface area contributed by atoms with Gasteiger partial charge in [-0.05, 0) is 64.2 Å². The Hall–Kier alpha value is -2.38. The molecule has 91 heavy (non-hydrogen) atoms. The Morgan fingerprint density at radius 3 is 1.15 bits per heavy atom. The van der Waals surface area contributed by atoms with Crippen molar-refractivity contribution in [3.8, 4) is 0 Å². The van der Waals surface area contributed by atoms with Gasteiger partial charge in [-0.3, -0.25) is 9.59 Å². The number of esters is 1. The van der Waals surface area contributed by atoms with Gasteiger partial charge in [0.2, 0.25) is 5.91 Å². The molecule has 0 saturated carbocycles. The highest BCUT2D eigenvalue weighted by Gasteiger charge is 2.47. The number of carbonyl (C=O) groups excluding carboxylic acids is 2. The predicted molar refractivity (Wildman–Crippen MR) is 384 cm³/mol. The molecule has 0 aromatic rings. The van der Waals surface area contributed by atoms with Crippen LogP contribution in [-0.4, -0.2) is 99.6 Å². The first kappa shape index (κ1) is 86.6. The molecule has 1 fully saturated rings. The van der Waals surface area contributed by atoms with Crippen LogP contribution in [0.1, 0.15) is 387 Å². The molecule has 0 spiro atoms. The summed E-state index contributed by atoms with van der Waals surface area (Å²) in [5.41, 5.74) is 0. The highest BCUT2D eigenvalue weighted by molar-refractivity contribution is 5.80. The van der Waals surface area contributed by atoms with Crippen molar-refractivity contribution in [1.29, 1.82) is 0 Å². The molecule has 0 bridgehead atoms. The third-order valence-corrected chi connectivity index (χ3v) is 18.7. The first-order valence-corrected chi connectivity index (χ1v) is 39.4. The monoisotopic (exact) mass is 1280 g/mol. The highest BCUT2D eigenvalue weighted by atomic mass is 16.7. The Bertz CT molecular complexity index is 1670. The van der Waals surface area contributed by atoms with Gasteiger partial charge in [0, 0.05) is 6.42 Å². The quantitative estimate of drug-likeness (QED) is 0.0195. The van der Waals surface area contributed by atoms with E-state index in [-0.39, 0.29) is 13.0 Å². The van der Waals surface area contributed by atoms with Crippen LogP contribution in [0.25, 0.3) is 0 Å². The lowest BCUT2D eigenvalue weighted by Gasteiger charge is -2.41. The summed E-state index contributed by atoms with van der Waals surface area (Å²) >= 11 is 0. The lowest BCUT2D eigenvalue weighted by Crippen LogP contribution is -2.61. The molecule has 0 radical (unpaired) electrons. The van der Waals surface area contributed by atoms with E-state index in [0.717, 1.165) is 70.6 Å². The molecule has 0 aliphatic carbocycles. The van der Waals surface area contributed by atoms with Crippen molar-refractivity contribution in [2.24, 2.45) is 0 Å². The normalized spacial score (nSPS) is 18.2. The van der Waals surface area contributed by atoms with Gasteiger partial charge in [0.25, 0.3) is 0 Å². The Labute approximate surface area is 561 Å². The van der Waals surface area contributed by atoms with Gasteiger partial charge in [-0.1, -0.05) is 365 Å². The number of unbranched alkanes of at least 4 members (excludes halogenated alkanes) is 49. The molecule has 534 valence electrons. The zero-order valence-electron chi connectivity index (χ0n) is 59.7. The van der Waals surface area contributed by atoms with Crippen LogP contribution < -0.4 is 5.32 Å². The Morgan fingerprint density at radius 2 is 0.758 bits per heavy atom. The maximum atomic E-state index is 13.5. The van der Waals surface area contributed by atoms with E-state index in [1.807, 2.05) is 6.08 Å². The molecule has 1 amide bonds. The van der Waals surface area contributed by atoms with E-state index in [0.29, 0.717) is 19.3 Å². The molecular weight excluding hydrogens is 1130 g/mol. The average Bonchev–Trinajstić information content (AvgIpc) is 1.14. The van der Waals surface area contributed by atoms with Crippen molar-refractivity contribution in [2.45, 2.75) is 436 Å². The third-order valence-electron chi connectivity index (χ3n) is 18.7. The highest BCUT2D eigenvalue weighted by Crippen LogP contribution is 2.27. The number of nitrogens with one attached hydrogen (secondary N) is 1. The summed E-state index contributed by atoms with van der Waals surface area (Å²) in [6.07, 6.45) is 76.0. The van der Waals surface area contributed by atoms with Gasteiger partial charge in [0.15, 0.2) is 12.4 Å². The number of amides is 1. The van der Waals surface area contributed by atoms with Gasteiger partial charge >= 0.3 is 5.97 Å². The molecule has 1 rings (SSSR count). The maximum Gasteiger partial charge on any atom is 0.306 e. The van der Waals surface area contributed by atoms with Gasteiger partial charge in [-0.15, -0.1) is 0 Å². The Morgan fingerprint density at radius 1 is 0.429 bits per heavy atom. The molecule has 0 aromatic carbocycles. The summed E-state index contributed by atoms with van der Waals surface area (Å²) in [4.78, 5) is 26.7. The SMILES string of the molecule is CCCCC/C=C\C/C=C\C/C=C\CCCCCCCCCCCCCCCCC(=O)OC1C(OCC(NC(=O)C(O)CCCCCCCCCCCCCCCCCCCCCCCCCC)C(O)/C=C/CCCCCCCCCCC)OC(CO)C(O)C1O. The summed E-state index contributed by atoms with van der Waals surface area (Å²) < 4.78 is 17.7. The van der Waals surface area contributed by atoms with E-state index in [9.17, 15) is 35.1 Å². The van der Waals surface area contributed by atoms with Gasteiger partial charge in [0.1, 0.15) is 24.4 Å². The van der Waals surface area contributed by atoms with Gasteiger partial charge < -0.3 is 45.1 Å². The Balaban J connectivity index is 2.47. The minimum atomic E-state index is -1.61. The topological polar surface area (TPSA) is 175 Å². The van der Waals surface area contributed by atoms with Crippen LogP contribution in [0.15, 0.2) is 48.6 Å². The minimum Gasteiger partial charge on any atom is -0.454 e. The second kappa shape index (κ2) is 67.6. The van der Waals surface area contributed by atoms with Crippen LogP contribution in [0.2, 0.25) is 0 Å². The zero-order valence-corrected chi connectivity index (χ0v) is 59.7. The van der Waals surface area contributed by atoms with E-state index < -0.39 is 67.4 Å². The molecule has 6 N–H and O–H groups in total. The largest absolute Gasteiger partial charge is 0.454 e. The standard InChI is InChI=1S/C80H149NO10/c1-4-7-10-13-16-19-22-24-26-28-30-32-34-36-37-38-40-42-44-46-48-50-53-56-59-62-65-68-75(85)91-78-77(87)76(86)74(69-82)90-80(78)89-70-71(72(83)66-63-60-57-54-51-21-18-15-12-9-6-3)81-79(88)73(84)67-64-61-58-55-52-49-47-45-43-41-39-35-33-31-29-27-25-23-20-17-14-11-8-5-2/h16,19,24,26,30,32,63,66,71-74,76-78,80,82-84,86-87H,4-15,17-18,20-23,25,27-29,31,33-62,64-65,67-70H2,1-3H3,(H,81,88)/b19-16-,26-24-,32-30-,66-63+. The molecular formula is C80H149NO10. The molecule has 0 aromatic heterocycles. The fourth-order valence-electron chi connectivity index (χ4n) is 12.5. The van der Waals surface area contributed by atoms with E-state index in [4.69, 9.17) is 14.2 Å². The Kier molecular flexibility index (Phi) is 64.3. The summed E-state index contributed by atoms with van der Waals surface area (Å²) in [6.45, 7) is 5.82. The molecule has 1 aliphatic rings. The number of allylic oxidation sites excluding steroid dienone is 7. The number of carbonyl (C=O) groups is 2. The molecule has 11 nitrogen and oxygen atoms in total. The predicted octanol–water partition coefficient (Wildman–Crippen LogP) is 21.1. The smallest absolute Gasteiger partial charge is 0.306 e. The molecule has 11 heteroatoms. The van der Waals surface area contributed by atoms with E-state index in [1.54, 1.807) is 6.08 Å². The van der Waals surface area contributed by atoms with Crippen molar-refractivity contribution in [2.75, 3.05) is 13.2 Å². The fourth-order valence-corrected chi connectivity index (χ4v) is 12.5. The lowest BCUT2D eigenvalue weighted by molar-refractivity contribution is -0.305. The average molecular weight is 1290 g/mol. The van der Waals surface area contributed by atoms with Crippen LogP contribution in [0, 0.1) is 0 Å². The zero-order chi connectivity index (χ0) is 66.0. The number of aliphatic hydroxyl groups excluding tert-OH is 5. The van der Waals surface area contributed by atoms with Crippen LogP contribution in [0.5, 0.6) is 0 Å². The molecule has 8 atom stereocenters. The molecule has 1 saturated heterocycles.